The summed E-state index contributed by atoms with van der Waals surface area (Å²) in [6.07, 6.45) is 0.884. The highest BCUT2D eigenvalue weighted by atomic mass is 32.2. The van der Waals surface area contributed by atoms with Crippen LogP contribution < -0.4 is 4.74 Å². The fourth-order valence-electron chi connectivity index (χ4n) is 4.34. The molecule has 0 saturated heterocycles. The second-order valence-corrected chi connectivity index (χ2v) is 9.86. The van der Waals surface area contributed by atoms with Gasteiger partial charge >= 0.3 is 0 Å². The predicted molar refractivity (Wildman–Crippen MR) is 137 cm³/mol. The fraction of sp³-hybridized carbons (Fsp3) is 0.346. The number of thioether (sulfide) groups is 1. The second kappa shape index (κ2) is 10.0. The number of hydrogen-bond donors (Lipinski definition) is 1. The van der Waals surface area contributed by atoms with E-state index in [9.17, 15) is 4.79 Å². The van der Waals surface area contributed by atoms with Gasteiger partial charge < -0.3 is 9.72 Å². The zero-order valence-electron chi connectivity index (χ0n) is 20.5. The number of para-hydroxylation sites is 1. The lowest BCUT2D eigenvalue weighted by Gasteiger charge is -2.23. The number of methoxy groups -OCH3 is 1. The number of H-pyrrole nitrogens is 1. The first kappa shape index (κ1) is 24.0. The molecule has 4 rings (SSSR count). The van der Waals surface area contributed by atoms with Gasteiger partial charge in [0.2, 0.25) is 0 Å². The van der Waals surface area contributed by atoms with Crippen LogP contribution in [0.3, 0.4) is 0 Å². The maximum Gasteiger partial charge on any atom is 0.196 e. The summed E-state index contributed by atoms with van der Waals surface area (Å²) in [5.74, 6) is 1.71. The highest BCUT2D eigenvalue weighted by Crippen LogP contribution is 2.33. The summed E-state index contributed by atoms with van der Waals surface area (Å²) in [6, 6.07) is 15.8. The van der Waals surface area contributed by atoms with E-state index >= 15 is 0 Å². The number of rotatable bonds is 9. The number of hydrogen-bond acceptors (Lipinski definition) is 6. The van der Waals surface area contributed by atoms with Crippen LogP contribution in [0.2, 0.25) is 0 Å². The number of carbonyl (C=O) groups excluding carboxylic acids is 1. The van der Waals surface area contributed by atoms with Crippen molar-refractivity contribution < 1.29 is 9.53 Å². The molecule has 2 atom stereocenters. The van der Waals surface area contributed by atoms with Gasteiger partial charge in [-0.15, -0.1) is 10.2 Å². The molecule has 2 aromatic heterocycles. The first-order chi connectivity index (χ1) is 16.3. The average molecular weight is 478 g/mol. The zero-order valence-corrected chi connectivity index (χ0v) is 21.3. The minimum Gasteiger partial charge on any atom is -0.497 e. The monoisotopic (exact) mass is 477 g/mol. The summed E-state index contributed by atoms with van der Waals surface area (Å²) in [7, 11) is 5.74. The maximum atomic E-state index is 13.6. The fourth-order valence-corrected chi connectivity index (χ4v) is 5.27. The number of nitrogens with zero attached hydrogens (tertiary/aromatic N) is 4. The quantitative estimate of drug-likeness (QED) is 0.255. The van der Waals surface area contributed by atoms with Crippen LogP contribution in [0.15, 0.2) is 53.7 Å². The largest absolute Gasteiger partial charge is 0.497 e. The lowest BCUT2D eigenvalue weighted by atomic mass is 10.1. The van der Waals surface area contributed by atoms with Crippen LogP contribution in [0.4, 0.5) is 0 Å². The maximum absolute atomic E-state index is 13.6. The first-order valence-corrected chi connectivity index (χ1v) is 12.3. The van der Waals surface area contributed by atoms with Crippen molar-refractivity contribution in [2.75, 3.05) is 21.2 Å². The lowest BCUT2D eigenvalue weighted by Crippen LogP contribution is -2.23. The molecule has 0 amide bonds. The zero-order chi connectivity index (χ0) is 24.4. The number of carbonyl (C=O) groups is 1. The van der Waals surface area contributed by atoms with E-state index in [-0.39, 0.29) is 17.1 Å². The van der Waals surface area contributed by atoms with Crippen molar-refractivity contribution in [3.05, 3.63) is 65.6 Å². The Morgan fingerprint density at radius 2 is 1.85 bits per heavy atom. The van der Waals surface area contributed by atoms with E-state index in [1.54, 1.807) is 7.11 Å². The molecule has 2 heterocycles. The van der Waals surface area contributed by atoms with Crippen LogP contribution in [0.25, 0.3) is 16.6 Å². The van der Waals surface area contributed by atoms with Gasteiger partial charge in [0.15, 0.2) is 16.8 Å². The molecule has 0 unspecified atom stereocenters. The summed E-state index contributed by atoms with van der Waals surface area (Å²) < 4.78 is 7.40. The summed E-state index contributed by atoms with van der Waals surface area (Å²) in [5.41, 5.74) is 3.54. The molecule has 34 heavy (non-hydrogen) atoms. The summed E-state index contributed by atoms with van der Waals surface area (Å²) in [5, 5.41) is 10.4. The molecule has 178 valence electrons. The predicted octanol–water partition coefficient (Wildman–Crippen LogP) is 5.44. The van der Waals surface area contributed by atoms with Crippen LogP contribution in [0, 0.1) is 6.92 Å². The highest BCUT2D eigenvalue weighted by Gasteiger charge is 2.27. The number of nitrogens with one attached hydrogen (secondary N) is 1. The Bertz CT molecular complexity index is 1290. The minimum absolute atomic E-state index is 0.0745. The van der Waals surface area contributed by atoms with Crippen LogP contribution >= 0.6 is 11.8 Å². The third-order valence-corrected chi connectivity index (χ3v) is 7.13. The van der Waals surface area contributed by atoms with Gasteiger partial charge in [-0.1, -0.05) is 36.9 Å². The SMILES string of the molecule is CC[C@@H](c1nnc(S[C@@H](C)C(=O)c2c(C)[nH]c3ccccc23)n1-c1ccc(OC)cc1)N(C)C. The average Bonchev–Trinajstić information content (AvgIpc) is 3.38. The summed E-state index contributed by atoms with van der Waals surface area (Å²) >= 11 is 1.44. The Balaban J connectivity index is 1.72. The van der Waals surface area contributed by atoms with E-state index in [0.29, 0.717) is 5.16 Å². The van der Waals surface area contributed by atoms with Gasteiger partial charge in [-0.3, -0.25) is 14.3 Å². The Labute approximate surface area is 204 Å². The van der Waals surface area contributed by atoms with Crippen molar-refractivity contribution in [2.24, 2.45) is 0 Å². The summed E-state index contributed by atoms with van der Waals surface area (Å²) in [6.45, 7) is 6.02. The molecule has 0 fully saturated rings. The van der Waals surface area contributed by atoms with E-state index in [1.165, 1.54) is 11.8 Å². The van der Waals surface area contributed by atoms with Crippen molar-refractivity contribution in [1.82, 2.24) is 24.6 Å². The molecule has 0 radical (unpaired) electrons. The van der Waals surface area contributed by atoms with Crippen LogP contribution in [0.5, 0.6) is 5.75 Å². The van der Waals surface area contributed by atoms with Gasteiger partial charge in [0.05, 0.1) is 18.4 Å². The molecule has 0 saturated carbocycles. The molecule has 8 heteroatoms. The standard InChI is InChI=1S/C26H31N5O2S/c1-7-22(30(4)5)25-28-29-26(31(25)18-12-14-19(33-6)15-13-18)34-17(3)24(32)23-16(2)27-21-11-9-8-10-20(21)23/h8-15,17,22,27H,7H2,1-6H3/t17-,22-/m0/s1. The Morgan fingerprint density at radius 3 is 2.50 bits per heavy atom. The molecular formula is C26H31N5O2S. The molecule has 0 aliphatic heterocycles. The number of aromatic amines is 1. The Kier molecular flexibility index (Phi) is 7.09. The van der Waals surface area contributed by atoms with Crippen molar-refractivity contribution in [1.29, 1.82) is 0 Å². The number of benzene rings is 2. The van der Waals surface area contributed by atoms with Crippen LogP contribution in [-0.4, -0.2) is 56.9 Å². The lowest BCUT2D eigenvalue weighted by molar-refractivity contribution is 0.0995. The van der Waals surface area contributed by atoms with Gasteiger partial charge in [0.1, 0.15) is 5.75 Å². The van der Waals surface area contributed by atoms with Gasteiger partial charge in [0, 0.05) is 27.8 Å². The number of aromatic nitrogens is 4. The highest BCUT2D eigenvalue weighted by molar-refractivity contribution is 8.00. The first-order valence-electron chi connectivity index (χ1n) is 11.4. The molecular weight excluding hydrogens is 446 g/mol. The van der Waals surface area contributed by atoms with Gasteiger partial charge in [-0.2, -0.15) is 0 Å². The summed E-state index contributed by atoms with van der Waals surface area (Å²) in [4.78, 5) is 19.0. The number of fused-ring (bicyclic) bond motifs is 1. The van der Waals surface area contributed by atoms with Crippen molar-refractivity contribution in [2.45, 2.75) is 43.6 Å². The van der Waals surface area contributed by atoms with Crippen molar-refractivity contribution in [3.63, 3.8) is 0 Å². The van der Waals surface area contributed by atoms with Crippen molar-refractivity contribution >= 4 is 28.4 Å². The second-order valence-electron chi connectivity index (χ2n) is 8.56. The van der Waals surface area contributed by atoms with E-state index in [4.69, 9.17) is 4.74 Å². The third-order valence-electron chi connectivity index (χ3n) is 6.09. The molecule has 0 spiro atoms. The topological polar surface area (TPSA) is 76.0 Å². The van der Waals surface area contributed by atoms with Crippen molar-refractivity contribution in [3.8, 4) is 11.4 Å². The van der Waals surface area contributed by atoms with E-state index < -0.39 is 0 Å². The van der Waals surface area contributed by atoms with Crippen LogP contribution in [-0.2, 0) is 0 Å². The third kappa shape index (κ3) is 4.48. The Hall–Kier alpha value is -3.10. The van der Waals surface area contributed by atoms with Gasteiger partial charge in [0.25, 0.3) is 0 Å². The molecule has 4 aromatic rings. The molecule has 1 N–H and O–H groups in total. The van der Waals surface area contributed by atoms with E-state index in [1.807, 2.05) is 76.5 Å². The normalized spacial score (nSPS) is 13.4. The van der Waals surface area contributed by atoms with E-state index in [0.717, 1.165) is 45.8 Å². The number of ether oxygens (including phenoxy) is 1. The Morgan fingerprint density at radius 1 is 1.15 bits per heavy atom. The number of aryl methyl sites for hydroxylation is 1. The van der Waals surface area contributed by atoms with Crippen LogP contribution in [0.1, 0.15) is 48.2 Å². The van der Waals surface area contributed by atoms with E-state index in [2.05, 4.69) is 31.6 Å². The minimum atomic E-state index is -0.341. The van der Waals surface area contributed by atoms with Gasteiger partial charge in [-0.05, 0) is 64.7 Å². The molecule has 2 aromatic carbocycles. The molecule has 0 aliphatic carbocycles. The smallest absolute Gasteiger partial charge is 0.196 e. The molecule has 0 aliphatic rings. The molecule has 7 nitrogen and oxygen atoms in total. The van der Waals surface area contributed by atoms with Gasteiger partial charge in [-0.25, -0.2) is 0 Å². The number of ketones is 1. The number of Topliss-reactive ketones (excluding diaryl/α,β-unsaturated/α-hetero) is 1. The molecule has 0 bridgehead atoms.